The average molecular weight is 364 g/mol. The number of nitrogens with zero attached hydrogens (tertiary/aromatic N) is 4. The van der Waals surface area contributed by atoms with E-state index in [1.807, 2.05) is 42.5 Å². The summed E-state index contributed by atoms with van der Waals surface area (Å²) in [5, 5.41) is 12.4. The highest BCUT2D eigenvalue weighted by molar-refractivity contribution is 6.30. The first-order chi connectivity index (χ1) is 12.6. The van der Waals surface area contributed by atoms with E-state index in [2.05, 4.69) is 20.6 Å². The van der Waals surface area contributed by atoms with Crippen LogP contribution in [-0.2, 0) is 0 Å². The fourth-order valence-corrected chi connectivity index (χ4v) is 2.89. The van der Waals surface area contributed by atoms with Gasteiger partial charge in [0.15, 0.2) is 5.69 Å². The van der Waals surface area contributed by atoms with Crippen molar-refractivity contribution < 1.29 is 4.79 Å². The van der Waals surface area contributed by atoms with Crippen LogP contribution in [-0.4, -0.2) is 25.9 Å². The summed E-state index contributed by atoms with van der Waals surface area (Å²) in [5.74, 6) is 0.101. The van der Waals surface area contributed by atoms with Crippen molar-refractivity contribution in [1.82, 2.24) is 20.0 Å². The van der Waals surface area contributed by atoms with E-state index >= 15 is 0 Å². The molecule has 0 radical (unpaired) electrons. The molecule has 0 saturated carbocycles. The molecule has 7 heteroatoms. The van der Waals surface area contributed by atoms with E-state index < -0.39 is 0 Å². The van der Waals surface area contributed by atoms with Gasteiger partial charge in [-0.3, -0.25) is 4.79 Å². The molecule has 2 aromatic carbocycles. The summed E-state index contributed by atoms with van der Waals surface area (Å²) in [6.45, 7) is 1.78. The Morgan fingerprint density at radius 2 is 1.92 bits per heavy atom. The number of para-hydroxylation sites is 1. The van der Waals surface area contributed by atoms with Gasteiger partial charge in [-0.05, 0) is 43.3 Å². The highest BCUT2D eigenvalue weighted by atomic mass is 35.5. The standard InChI is InChI=1S/C19H14ClN5O/c1-12-18(23-24-25(12)15-7-4-6-14(20)11-15)19(26)22-17-10-9-13-5-2-3-8-16(13)21-17/h2-11H,1H3,(H,21,22,26). The number of amides is 1. The third kappa shape index (κ3) is 3.02. The third-order valence-electron chi connectivity index (χ3n) is 4.00. The van der Waals surface area contributed by atoms with Gasteiger partial charge in [-0.1, -0.05) is 41.1 Å². The van der Waals surface area contributed by atoms with Crippen molar-refractivity contribution in [3.05, 3.63) is 77.1 Å². The maximum absolute atomic E-state index is 12.6. The molecule has 0 bridgehead atoms. The highest BCUT2D eigenvalue weighted by Gasteiger charge is 2.18. The van der Waals surface area contributed by atoms with E-state index in [1.54, 1.807) is 29.8 Å². The number of carbonyl (C=O) groups excluding carboxylic acids is 1. The summed E-state index contributed by atoms with van der Waals surface area (Å²) < 4.78 is 1.58. The molecule has 0 aliphatic carbocycles. The minimum atomic E-state index is -0.362. The normalized spacial score (nSPS) is 10.8. The number of rotatable bonds is 3. The Bertz CT molecular complexity index is 1120. The van der Waals surface area contributed by atoms with E-state index in [1.165, 1.54) is 0 Å². The van der Waals surface area contributed by atoms with Crippen LogP contribution in [0.5, 0.6) is 0 Å². The minimum absolute atomic E-state index is 0.236. The Morgan fingerprint density at radius 3 is 2.77 bits per heavy atom. The lowest BCUT2D eigenvalue weighted by Gasteiger charge is -2.06. The number of anilines is 1. The van der Waals surface area contributed by atoms with Crippen LogP contribution in [0.2, 0.25) is 5.02 Å². The first kappa shape index (κ1) is 16.2. The molecule has 4 rings (SSSR count). The summed E-state index contributed by atoms with van der Waals surface area (Å²) in [4.78, 5) is 17.0. The molecule has 0 unspecified atom stereocenters. The monoisotopic (exact) mass is 363 g/mol. The number of carbonyl (C=O) groups is 1. The van der Waals surface area contributed by atoms with Gasteiger partial charge < -0.3 is 5.32 Å². The predicted octanol–water partition coefficient (Wildman–Crippen LogP) is 4.03. The van der Waals surface area contributed by atoms with Crippen LogP contribution in [0, 0.1) is 6.92 Å². The maximum Gasteiger partial charge on any atom is 0.279 e. The van der Waals surface area contributed by atoms with Crippen molar-refractivity contribution in [1.29, 1.82) is 0 Å². The van der Waals surface area contributed by atoms with E-state index in [4.69, 9.17) is 11.6 Å². The second-order valence-corrected chi connectivity index (χ2v) is 6.19. The molecule has 0 aliphatic heterocycles. The molecule has 0 spiro atoms. The zero-order valence-electron chi connectivity index (χ0n) is 13.8. The number of halogens is 1. The van der Waals surface area contributed by atoms with Crippen molar-refractivity contribution >= 4 is 34.2 Å². The zero-order valence-corrected chi connectivity index (χ0v) is 14.6. The largest absolute Gasteiger partial charge is 0.305 e. The molecule has 0 atom stereocenters. The van der Waals surface area contributed by atoms with Gasteiger partial charge in [-0.15, -0.1) is 5.10 Å². The number of hydrogen-bond donors (Lipinski definition) is 1. The number of fused-ring (bicyclic) bond motifs is 1. The topological polar surface area (TPSA) is 72.7 Å². The van der Waals surface area contributed by atoms with Crippen molar-refractivity contribution in [2.45, 2.75) is 6.92 Å². The van der Waals surface area contributed by atoms with Crippen LogP contribution in [0.3, 0.4) is 0 Å². The summed E-state index contributed by atoms with van der Waals surface area (Å²) >= 11 is 6.02. The van der Waals surface area contributed by atoms with Gasteiger partial charge in [0.1, 0.15) is 5.82 Å². The van der Waals surface area contributed by atoms with Gasteiger partial charge >= 0.3 is 0 Å². The van der Waals surface area contributed by atoms with E-state index in [-0.39, 0.29) is 11.6 Å². The van der Waals surface area contributed by atoms with Gasteiger partial charge in [0, 0.05) is 10.4 Å². The van der Waals surface area contributed by atoms with E-state index in [9.17, 15) is 4.79 Å². The van der Waals surface area contributed by atoms with Crippen LogP contribution in [0.25, 0.3) is 16.6 Å². The first-order valence-electron chi connectivity index (χ1n) is 7.97. The van der Waals surface area contributed by atoms with Gasteiger partial charge in [-0.2, -0.15) is 0 Å². The summed E-state index contributed by atoms with van der Waals surface area (Å²) in [5.41, 5.74) is 2.40. The fourth-order valence-electron chi connectivity index (χ4n) is 2.70. The molecular weight excluding hydrogens is 350 g/mol. The van der Waals surface area contributed by atoms with Crippen LogP contribution < -0.4 is 5.32 Å². The molecule has 2 aromatic heterocycles. The van der Waals surface area contributed by atoms with Gasteiger partial charge in [0.05, 0.1) is 16.9 Å². The predicted molar refractivity (Wildman–Crippen MR) is 101 cm³/mol. The maximum atomic E-state index is 12.6. The molecule has 26 heavy (non-hydrogen) atoms. The smallest absolute Gasteiger partial charge is 0.279 e. The molecular formula is C19H14ClN5O. The van der Waals surface area contributed by atoms with Gasteiger partial charge in [-0.25, -0.2) is 9.67 Å². The molecule has 0 saturated heterocycles. The molecule has 0 aliphatic rings. The summed E-state index contributed by atoms with van der Waals surface area (Å²) in [6, 6.07) is 18.6. The molecule has 4 aromatic rings. The van der Waals surface area contributed by atoms with Crippen molar-refractivity contribution in [2.75, 3.05) is 5.32 Å². The summed E-state index contributed by atoms with van der Waals surface area (Å²) in [7, 11) is 0. The van der Waals surface area contributed by atoms with Crippen LogP contribution in [0.15, 0.2) is 60.7 Å². The van der Waals surface area contributed by atoms with Gasteiger partial charge in [0.2, 0.25) is 0 Å². The van der Waals surface area contributed by atoms with Crippen LogP contribution in [0.1, 0.15) is 16.2 Å². The first-order valence-corrected chi connectivity index (χ1v) is 8.35. The molecule has 1 N–H and O–H groups in total. The molecule has 6 nitrogen and oxygen atoms in total. The lowest BCUT2D eigenvalue weighted by atomic mass is 10.2. The van der Waals surface area contributed by atoms with Crippen molar-refractivity contribution in [2.24, 2.45) is 0 Å². The Hall–Kier alpha value is -3.25. The number of benzene rings is 2. The molecule has 0 fully saturated rings. The summed E-state index contributed by atoms with van der Waals surface area (Å²) in [6.07, 6.45) is 0. The van der Waals surface area contributed by atoms with E-state index in [0.717, 1.165) is 16.6 Å². The number of nitrogens with one attached hydrogen (secondary N) is 1. The molecule has 2 heterocycles. The number of pyridine rings is 1. The second kappa shape index (κ2) is 6.57. The Labute approximate surface area is 154 Å². The molecule has 128 valence electrons. The van der Waals surface area contributed by atoms with Crippen molar-refractivity contribution in [3.63, 3.8) is 0 Å². The Balaban J connectivity index is 1.62. The fraction of sp³-hybridized carbons (Fsp3) is 0.0526. The van der Waals surface area contributed by atoms with Crippen LogP contribution in [0.4, 0.5) is 5.82 Å². The average Bonchev–Trinajstić information content (AvgIpc) is 3.03. The molecule has 1 amide bonds. The minimum Gasteiger partial charge on any atom is -0.305 e. The lowest BCUT2D eigenvalue weighted by molar-refractivity contribution is 0.102. The van der Waals surface area contributed by atoms with Crippen molar-refractivity contribution in [3.8, 4) is 5.69 Å². The quantitative estimate of drug-likeness (QED) is 0.596. The second-order valence-electron chi connectivity index (χ2n) is 5.76. The Kier molecular flexibility index (Phi) is 4.10. The van der Waals surface area contributed by atoms with Crippen LogP contribution >= 0.6 is 11.6 Å². The SMILES string of the molecule is Cc1c(C(=O)Nc2ccc3ccccc3n2)nnn1-c1cccc(Cl)c1. The van der Waals surface area contributed by atoms with Gasteiger partial charge in [0.25, 0.3) is 5.91 Å². The zero-order chi connectivity index (χ0) is 18.1. The highest BCUT2D eigenvalue weighted by Crippen LogP contribution is 2.18. The lowest BCUT2D eigenvalue weighted by Crippen LogP contribution is -2.15. The third-order valence-corrected chi connectivity index (χ3v) is 4.24. The van der Waals surface area contributed by atoms with E-state index in [0.29, 0.717) is 16.5 Å². The number of hydrogen-bond acceptors (Lipinski definition) is 4. The Morgan fingerprint density at radius 1 is 1.08 bits per heavy atom. The number of aromatic nitrogens is 4.